The van der Waals surface area contributed by atoms with Gasteiger partial charge in [0.15, 0.2) is 0 Å². The van der Waals surface area contributed by atoms with Crippen molar-refractivity contribution in [2.45, 2.75) is 38.5 Å². The minimum atomic E-state index is -0.0346. The summed E-state index contributed by atoms with van der Waals surface area (Å²) in [6.07, 6.45) is 7.80. The normalized spacial score (nSPS) is 20.6. The first-order valence-corrected chi connectivity index (χ1v) is 10.3. The van der Waals surface area contributed by atoms with Crippen molar-refractivity contribution in [3.63, 3.8) is 0 Å². The first-order chi connectivity index (χ1) is 13.6. The monoisotopic (exact) mass is 393 g/mol. The molecule has 1 fully saturated rings. The van der Waals surface area contributed by atoms with Crippen molar-refractivity contribution in [1.29, 1.82) is 0 Å². The number of hydrogen-bond acceptors (Lipinski definition) is 3. The Bertz CT molecular complexity index is 960. The summed E-state index contributed by atoms with van der Waals surface area (Å²) in [6, 6.07) is 14.0. The maximum atomic E-state index is 12.6. The van der Waals surface area contributed by atoms with Crippen molar-refractivity contribution >= 4 is 34.2 Å². The minimum absolute atomic E-state index is 0.0346. The zero-order valence-electron chi connectivity index (χ0n) is 15.9. The Kier molecular flexibility index (Phi) is 5.58. The molecule has 1 aliphatic rings. The first-order valence-electron chi connectivity index (χ1n) is 9.88. The van der Waals surface area contributed by atoms with Crippen LogP contribution in [0.3, 0.4) is 0 Å². The average Bonchev–Trinajstić information content (AvgIpc) is 2.74. The molecule has 28 heavy (non-hydrogen) atoms. The van der Waals surface area contributed by atoms with Gasteiger partial charge in [-0.25, -0.2) is 4.98 Å². The lowest BCUT2D eigenvalue weighted by molar-refractivity contribution is -0.121. The molecule has 1 amide bonds. The van der Waals surface area contributed by atoms with E-state index in [1.165, 1.54) is 10.9 Å². The zero-order chi connectivity index (χ0) is 19.5. The van der Waals surface area contributed by atoms with Gasteiger partial charge in [-0.2, -0.15) is 0 Å². The standard InChI is InChI=1S/C23H24ClN3O/c1-15(23(28)27-22-11-10-18(24)14-26-22)16-6-8-17(9-7-16)19-12-13-25-21-5-3-2-4-20(19)21/h2-5,10-17H,6-9H2,1H3,(H,26,27,28)/t15-,16?,17?/m1/s1. The lowest BCUT2D eigenvalue weighted by atomic mass is 9.73. The molecule has 4 nitrogen and oxygen atoms in total. The van der Waals surface area contributed by atoms with Crippen molar-refractivity contribution in [3.05, 3.63) is 65.4 Å². The van der Waals surface area contributed by atoms with E-state index in [2.05, 4.69) is 39.6 Å². The molecule has 1 atom stereocenters. The number of aromatic nitrogens is 2. The Hall–Kier alpha value is -2.46. The Morgan fingerprint density at radius 3 is 2.61 bits per heavy atom. The Balaban J connectivity index is 1.39. The maximum absolute atomic E-state index is 12.6. The maximum Gasteiger partial charge on any atom is 0.228 e. The number of carbonyl (C=O) groups excluding carboxylic acids is 1. The molecule has 1 saturated carbocycles. The highest BCUT2D eigenvalue weighted by atomic mass is 35.5. The highest BCUT2D eigenvalue weighted by Gasteiger charge is 2.30. The summed E-state index contributed by atoms with van der Waals surface area (Å²) in [5.41, 5.74) is 2.46. The zero-order valence-corrected chi connectivity index (χ0v) is 16.7. The van der Waals surface area contributed by atoms with Crippen molar-refractivity contribution in [3.8, 4) is 0 Å². The second-order valence-corrected chi connectivity index (χ2v) is 8.11. The van der Waals surface area contributed by atoms with Gasteiger partial charge in [0.05, 0.1) is 10.5 Å². The van der Waals surface area contributed by atoms with E-state index in [1.807, 2.05) is 19.2 Å². The van der Waals surface area contributed by atoms with Crippen LogP contribution in [0.4, 0.5) is 5.82 Å². The number of amides is 1. The molecule has 0 saturated heterocycles. The highest BCUT2D eigenvalue weighted by Crippen LogP contribution is 2.40. The molecular formula is C23H24ClN3O. The molecule has 0 aliphatic heterocycles. The fourth-order valence-corrected chi connectivity index (χ4v) is 4.42. The van der Waals surface area contributed by atoms with Crippen LogP contribution in [0.25, 0.3) is 10.9 Å². The van der Waals surface area contributed by atoms with Gasteiger partial charge in [-0.15, -0.1) is 0 Å². The Labute approximate surface area is 170 Å². The summed E-state index contributed by atoms with van der Waals surface area (Å²) >= 11 is 5.85. The number of nitrogens with one attached hydrogen (secondary N) is 1. The van der Waals surface area contributed by atoms with Crippen LogP contribution in [0, 0.1) is 11.8 Å². The van der Waals surface area contributed by atoms with Gasteiger partial charge >= 0.3 is 0 Å². The molecule has 1 N–H and O–H groups in total. The van der Waals surface area contributed by atoms with Crippen LogP contribution in [0.5, 0.6) is 0 Å². The van der Waals surface area contributed by atoms with Crippen molar-refractivity contribution in [1.82, 2.24) is 9.97 Å². The third-order valence-electron chi connectivity index (χ3n) is 5.99. The second kappa shape index (κ2) is 8.27. The van der Waals surface area contributed by atoms with Gasteiger partial charge < -0.3 is 5.32 Å². The molecule has 4 rings (SSSR count). The van der Waals surface area contributed by atoms with Crippen LogP contribution in [-0.4, -0.2) is 15.9 Å². The van der Waals surface area contributed by atoms with Gasteiger partial charge in [0, 0.05) is 23.7 Å². The molecule has 1 aromatic carbocycles. The molecule has 3 aromatic rings. The summed E-state index contributed by atoms with van der Waals surface area (Å²) in [5.74, 6) is 1.49. The van der Waals surface area contributed by atoms with Crippen molar-refractivity contribution in [2.24, 2.45) is 11.8 Å². The Morgan fingerprint density at radius 2 is 1.86 bits per heavy atom. The SMILES string of the molecule is C[C@@H](C(=O)Nc1ccc(Cl)cn1)C1CCC(c2ccnc3ccccc23)CC1. The molecule has 2 aromatic heterocycles. The molecule has 2 heterocycles. The number of hydrogen-bond donors (Lipinski definition) is 1. The van der Waals surface area contributed by atoms with Gasteiger partial charge in [0.2, 0.25) is 5.91 Å². The summed E-state index contributed by atoms with van der Waals surface area (Å²) in [4.78, 5) is 21.3. The van der Waals surface area contributed by atoms with Crippen LogP contribution >= 0.6 is 11.6 Å². The number of anilines is 1. The number of rotatable bonds is 4. The van der Waals surface area contributed by atoms with E-state index in [1.54, 1.807) is 18.3 Å². The van der Waals surface area contributed by atoms with Gasteiger partial charge in [0.25, 0.3) is 0 Å². The van der Waals surface area contributed by atoms with Gasteiger partial charge in [-0.1, -0.05) is 36.7 Å². The van der Waals surface area contributed by atoms with Crippen LogP contribution in [-0.2, 0) is 4.79 Å². The van der Waals surface area contributed by atoms with Crippen LogP contribution < -0.4 is 5.32 Å². The second-order valence-electron chi connectivity index (χ2n) is 7.67. The average molecular weight is 394 g/mol. The smallest absolute Gasteiger partial charge is 0.228 e. The molecule has 0 radical (unpaired) electrons. The van der Waals surface area contributed by atoms with Gasteiger partial charge in [-0.05, 0) is 67.3 Å². The number of halogens is 1. The van der Waals surface area contributed by atoms with Crippen LogP contribution in [0.15, 0.2) is 54.9 Å². The third-order valence-corrected chi connectivity index (χ3v) is 6.22. The Morgan fingerprint density at radius 1 is 1.07 bits per heavy atom. The van der Waals surface area contributed by atoms with Crippen molar-refractivity contribution in [2.75, 3.05) is 5.32 Å². The van der Waals surface area contributed by atoms with Gasteiger partial charge in [0.1, 0.15) is 5.82 Å². The number of fused-ring (bicyclic) bond motifs is 1. The van der Waals surface area contributed by atoms with E-state index < -0.39 is 0 Å². The van der Waals surface area contributed by atoms with Crippen molar-refractivity contribution < 1.29 is 4.79 Å². The molecule has 0 unspecified atom stereocenters. The number of benzene rings is 1. The van der Waals surface area contributed by atoms with E-state index in [0.717, 1.165) is 31.2 Å². The summed E-state index contributed by atoms with van der Waals surface area (Å²) in [6.45, 7) is 2.03. The number of para-hydroxylation sites is 1. The summed E-state index contributed by atoms with van der Waals surface area (Å²) in [5, 5.41) is 4.74. The van der Waals surface area contributed by atoms with Crippen LogP contribution in [0.1, 0.15) is 44.1 Å². The molecule has 5 heteroatoms. The van der Waals surface area contributed by atoms with Gasteiger partial charge in [-0.3, -0.25) is 9.78 Å². The van der Waals surface area contributed by atoms with E-state index in [4.69, 9.17) is 11.6 Å². The highest BCUT2D eigenvalue weighted by molar-refractivity contribution is 6.30. The molecule has 0 spiro atoms. The fraction of sp³-hybridized carbons (Fsp3) is 0.348. The summed E-state index contributed by atoms with van der Waals surface area (Å²) in [7, 11) is 0. The number of nitrogens with zero attached hydrogens (tertiary/aromatic N) is 2. The molecule has 1 aliphatic carbocycles. The third kappa shape index (κ3) is 4.02. The number of pyridine rings is 2. The molecule has 0 bridgehead atoms. The lowest BCUT2D eigenvalue weighted by Gasteiger charge is -2.32. The summed E-state index contributed by atoms with van der Waals surface area (Å²) < 4.78 is 0. The topological polar surface area (TPSA) is 54.9 Å². The lowest BCUT2D eigenvalue weighted by Crippen LogP contribution is -2.29. The predicted molar refractivity (Wildman–Crippen MR) is 113 cm³/mol. The van der Waals surface area contributed by atoms with E-state index in [-0.39, 0.29) is 11.8 Å². The number of carbonyl (C=O) groups is 1. The largest absolute Gasteiger partial charge is 0.310 e. The first kappa shape index (κ1) is 18.9. The van der Waals surface area contributed by atoms with E-state index >= 15 is 0 Å². The van der Waals surface area contributed by atoms with Crippen LogP contribution in [0.2, 0.25) is 5.02 Å². The molecule has 144 valence electrons. The fourth-order valence-electron chi connectivity index (χ4n) is 4.31. The minimum Gasteiger partial charge on any atom is -0.310 e. The van der Waals surface area contributed by atoms with E-state index in [9.17, 15) is 4.79 Å². The molecular weight excluding hydrogens is 370 g/mol. The predicted octanol–water partition coefficient (Wildman–Crippen LogP) is 5.83. The van der Waals surface area contributed by atoms with E-state index in [0.29, 0.717) is 22.7 Å². The quantitative estimate of drug-likeness (QED) is 0.606.